The molecule has 1 unspecified atom stereocenters. The fourth-order valence-corrected chi connectivity index (χ4v) is 2.12. The maximum Gasteiger partial charge on any atom is 0.250 e. The van der Waals surface area contributed by atoms with Crippen molar-refractivity contribution in [2.24, 2.45) is 0 Å². The molecule has 20 heavy (non-hydrogen) atoms. The van der Waals surface area contributed by atoms with Gasteiger partial charge in [0.05, 0.1) is 0 Å². The number of rotatable bonds is 6. The predicted octanol–water partition coefficient (Wildman–Crippen LogP) is 2.21. The van der Waals surface area contributed by atoms with Crippen molar-refractivity contribution in [2.45, 2.75) is 25.9 Å². The molecule has 0 amide bonds. The number of nitrogens with one attached hydrogen (secondary N) is 1. The molecule has 0 aliphatic heterocycles. The number of aromatic nitrogens is 1. The molecule has 0 spiro atoms. The summed E-state index contributed by atoms with van der Waals surface area (Å²) in [6.45, 7) is 3.46. The summed E-state index contributed by atoms with van der Waals surface area (Å²) >= 11 is 0. The van der Waals surface area contributed by atoms with E-state index in [-0.39, 0.29) is 17.4 Å². The summed E-state index contributed by atoms with van der Waals surface area (Å²) < 4.78 is 14.5. The molecule has 1 heterocycles. The van der Waals surface area contributed by atoms with E-state index in [1.54, 1.807) is 35.0 Å². The summed E-state index contributed by atoms with van der Waals surface area (Å²) in [5.41, 5.74) is 1.11. The monoisotopic (exact) mass is 274 g/mol. The second-order valence-corrected chi connectivity index (χ2v) is 4.92. The SMILES string of the molecule is CC(Cc1ccc(F)cc1)NCCn1ccccc1=O. The zero-order chi connectivity index (χ0) is 14.4. The predicted molar refractivity (Wildman–Crippen MR) is 78.3 cm³/mol. The van der Waals surface area contributed by atoms with Gasteiger partial charge in [0.1, 0.15) is 5.82 Å². The Morgan fingerprint density at radius 3 is 2.65 bits per heavy atom. The van der Waals surface area contributed by atoms with Gasteiger partial charge in [-0.2, -0.15) is 0 Å². The van der Waals surface area contributed by atoms with Crippen LogP contribution in [0.2, 0.25) is 0 Å². The molecule has 1 atom stereocenters. The van der Waals surface area contributed by atoms with E-state index in [2.05, 4.69) is 12.2 Å². The molecular formula is C16H19FN2O. The fourth-order valence-electron chi connectivity index (χ4n) is 2.12. The zero-order valence-corrected chi connectivity index (χ0v) is 11.6. The van der Waals surface area contributed by atoms with Gasteiger partial charge in [-0.15, -0.1) is 0 Å². The van der Waals surface area contributed by atoms with Crippen LogP contribution in [-0.4, -0.2) is 17.2 Å². The molecule has 1 N–H and O–H groups in total. The van der Waals surface area contributed by atoms with Crippen molar-refractivity contribution >= 4 is 0 Å². The maximum absolute atomic E-state index is 12.8. The van der Waals surface area contributed by atoms with Crippen LogP contribution in [0.3, 0.4) is 0 Å². The summed E-state index contributed by atoms with van der Waals surface area (Å²) in [5, 5.41) is 3.37. The Morgan fingerprint density at radius 1 is 1.20 bits per heavy atom. The van der Waals surface area contributed by atoms with E-state index in [1.165, 1.54) is 12.1 Å². The smallest absolute Gasteiger partial charge is 0.250 e. The molecule has 2 rings (SSSR count). The molecule has 2 aromatic rings. The van der Waals surface area contributed by atoms with E-state index < -0.39 is 0 Å². The summed E-state index contributed by atoms with van der Waals surface area (Å²) in [4.78, 5) is 11.5. The lowest BCUT2D eigenvalue weighted by atomic mass is 10.1. The first-order valence-electron chi connectivity index (χ1n) is 6.78. The van der Waals surface area contributed by atoms with Crippen molar-refractivity contribution in [3.63, 3.8) is 0 Å². The normalized spacial score (nSPS) is 12.3. The summed E-state index contributed by atoms with van der Waals surface area (Å²) in [7, 11) is 0. The molecule has 4 heteroatoms. The van der Waals surface area contributed by atoms with Crippen LogP contribution in [0.15, 0.2) is 53.5 Å². The standard InChI is InChI=1S/C16H19FN2O/c1-13(12-14-5-7-15(17)8-6-14)18-9-11-19-10-3-2-4-16(19)20/h2-8,10,13,18H,9,11-12H2,1H3. The molecule has 0 radical (unpaired) electrons. The first-order valence-corrected chi connectivity index (χ1v) is 6.78. The highest BCUT2D eigenvalue weighted by atomic mass is 19.1. The number of nitrogens with zero attached hydrogens (tertiary/aromatic N) is 1. The van der Waals surface area contributed by atoms with Crippen LogP contribution in [0.1, 0.15) is 12.5 Å². The highest BCUT2D eigenvalue weighted by Crippen LogP contribution is 2.05. The molecule has 0 bridgehead atoms. The Balaban J connectivity index is 1.78. The second kappa shape index (κ2) is 7.01. The third-order valence-electron chi connectivity index (χ3n) is 3.20. The molecule has 1 aromatic carbocycles. The van der Waals surface area contributed by atoms with Crippen molar-refractivity contribution in [1.29, 1.82) is 0 Å². The minimum Gasteiger partial charge on any atom is -0.314 e. The average Bonchev–Trinajstić information content (AvgIpc) is 2.43. The van der Waals surface area contributed by atoms with Gasteiger partial charge < -0.3 is 9.88 Å². The lowest BCUT2D eigenvalue weighted by Crippen LogP contribution is -2.33. The third-order valence-corrected chi connectivity index (χ3v) is 3.20. The van der Waals surface area contributed by atoms with Gasteiger partial charge in [0.2, 0.25) is 0 Å². The molecule has 0 fully saturated rings. The zero-order valence-electron chi connectivity index (χ0n) is 11.6. The maximum atomic E-state index is 12.8. The first-order chi connectivity index (χ1) is 9.65. The van der Waals surface area contributed by atoms with Gasteiger partial charge in [-0.25, -0.2) is 4.39 Å². The van der Waals surface area contributed by atoms with Gasteiger partial charge in [-0.1, -0.05) is 18.2 Å². The number of halogens is 1. The Kier molecular flexibility index (Phi) is 5.07. The van der Waals surface area contributed by atoms with Crippen LogP contribution in [0.25, 0.3) is 0 Å². The molecule has 0 saturated heterocycles. The number of hydrogen-bond acceptors (Lipinski definition) is 2. The third kappa shape index (κ3) is 4.31. The Bertz CT molecular complexity index is 592. The van der Waals surface area contributed by atoms with Crippen molar-refractivity contribution < 1.29 is 4.39 Å². The van der Waals surface area contributed by atoms with E-state index in [9.17, 15) is 9.18 Å². The lowest BCUT2D eigenvalue weighted by molar-refractivity contribution is 0.507. The quantitative estimate of drug-likeness (QED) is 0.876. The van der Waals surface area contributed by atoms with Crippen molar-refractivity contribution in [3.8, 4) is 0 Å². The summed E-state index contributed by atoms with van der Waals surface area (Å²) in [5.74, 6) is -0.210. The highest BCUT2D eigenvalue weighted by molar-refractivity contribution is 5.16. The van der Waals surface area contributed by atoms with Crippen LogP contribution >= 0.6 is 0 Å². The minimum atomic E-state index is -0.210. The Morgan fingerprint density at radius 2 is 1.95 bits per heavy atom. The second-order valence-electron chi connectivity index (χ2n) is 4.92. The van der Waals surface area contributed by atoms with Gasteiger partial charge in [-0.3, -0.25) is 4.79 Å². The Hall–Kier alpha value is -1.94. The largest absolute Gasteiger partial charge is 0.314 e. The molecule has 0 aliphatic rings. The topological polar surface area (TPSA) is 34.0 Å². The van der Waals surface area contributed by atoms with E-state index in [0.29, 0.717) is 6.54 Å². The van der Waals surface area contributed by atoms with Crippen molar-refractivity contribution in [2.75, 3.05) is 6.54 Å². The molecule has 1 aromatic heterocycles. The number of hydrogen-bond donors (Lipinski definition) is 1. The fraction of sp³-hybridized carbons (Fsp3) is 0.312. The van der Waals surface area contributed by atoms with Crippen LogP contribution in [-0.2, 0) is 13.0 Å². The van der Waals surface area contributed by atoms with Crippen LogP contribution in [0.4, 0.5) is 4.39 Å². The van der Waals surface area contributed by atoms with E-state index in [4.69, 9.17) is 0 Å². The average molecular weight is 274 g/mol. The van der Waals surface area contributed by atoms with E-state index >= 15 is 0 Å². The van der Waals surface area contributed by atoms with Crippen LogP contribution < -0.4 is 10.9 Å². The van der Waals surface area contributed by atoms with Crippen molar-refractivity contribution in [3.05, 3.63) is 70.4 Å². The van der Waals surface area contributed by atoms with Crippen LogP contribution in [0.5, 0.6) is 0 Å². The Labute approximate surface area is 118 Å². The molecule has 0 saturated carbocycles. The van der Waals surface area contributed by atoms with Crippen molar-refractivity contribution in [1.82, 2.24) is 9.88 Å². The first kappa shape index (κ1) is 14.5. The van der Waals surface area contributed by atoms with Gasteiger partial charge in [-0.05, 0) is 37.1 Å². The molecule has 106 valence electrons. The van der Waals surface area contributed by atoms with Gasteiger partial charge in [0.15, 0.2) is 0 Å². The van der Waals surface area contributed by atoms with E-state index in [1.807, 2.05) is 6.07 Å². The number of benzene rings is 1. The van der Waals surface area contributed by atoms with E-state index in [0.717, 1.165) is 18.5 Å². The highest BCUT2D eigenvalue weighted by Gasteiger charge is 2.03. The minimum absolute atomic E-state index is 0.0143. The number of pyridine rings is 1. The lowest BCUT2D eigenvalue weighted by Gasteiger charge is -2.14. The summed E-state index contributed by atoms with van der Waals surface area (Å²) in [6, 6.07) is 12.0. The summed E-state index contributed by atoms with van der Waals surface area (Å²) in [6.07, 6.45) is 2.62. The molecular weight excluding hydrogens is 255 g/mol. The van der Waals surface area contributed by atoms with Gasteiger partial charge >= 0.3 is 0 Å². The van der Waals surface area contributed by atoms with Gasteiger partial charge in [0.25, 0.3) is 5.56 Å². The van der Waals surface area contributed by atoms with Crippen LogP contribution in [0, 0.1) is 5.82 Å². The molecule has 0 aliphatic carbocycles. The van der Waals surface area contributed by atoms with Gasteiger partial charge in [0, 0.05) is 31.4 Å². The molecule has 3 nitrogen and oxygen atoms in total.